The Balaban J connectivity index is -0.000000229. The normalized spacial score (nSPS) is 14.1. The third-order valence-corrected chi connectivity index (χ3v) is 18.6. The number of likely N-dealkylation sites (N-methyl/N-ethyl adjacent to an activating group) is 3. The number of nitrogens with zero attached hydrogens (tertiary/aromatic N) is 3. The Labute approximate surface area is 707 Å². The summed E-state index contributed by atoms with van der Waals surface area (Å²) in [5, 5.41) is 5.56. The molecule has 0 saturated heterocycles. The van der Waals surface area contributed by atoms with Gasteiger partial charge in [0.25, 0.3) is 0 Å². The van der Waals surface area contributed by atoms with Gasteiger partial charge in [-0.1, -0.05) is 209 Å². The average Bonchev–Trinajstić information content (AvgIpc) is 1.50. The van der Waals surface area contributed by atoms with Crippen LogP contribution >= 0.6 is 0 Å². The molecule has 17 heteroatoms. The minimum atomic E-state index is -0.466. The zero-order valence-electron chi connectivity index (χ0n) is 80.9. The third kappa shape index (κ3) is 73.7. The highest BCUT2D eigenvalue weighted by atomic mass is 16.6. The Hall–Kier alpha value is -6.43. The SMILES string of the molecule is C.C/C=C/C(=O)OC(C)(C)C(C)(C)C.C=CC(=O)NC(C)(C)C.C=CC(=O)OC(C)(C)C(C)(C)C.CC(C)(C)CCC(=O)C1=CCC1.CC(C)(C)CCC(=O)C1=CCCC1.CC(C)(C)CCC(=O)C1=CCCCC1.CN(C)C/C=C/C(=O)C(C)(C)C.CN(C)C/C=C/C(=O)NC(C)(C)C.CN(C)C/C=C/C(=O)OC(C)(C)C(C)(C)C. The van der Waals surface area contributed by atoms with E-state index in [4.69, 9.17) is 14.2 Å². The molecule has 3 aliphatic rings. The summed E-state index contributed by atoms with van der Waals surface area (Å²) in [4.78, 5) is 108. The second kappa shape index (κ2) is 56.9. The topological polar surface area (TPSA) is 215 Å². The van der Waals surface area contributed by atoms with E-state index in [9.17, 15) is 43.2 Å². The van der Waals surface area contributed by atoms with Gasteiger partial charge in [0, 0.05) is 95.9 Å². The van der Waals surface area contributed by atoms with Gasteiger partial charge in [0.2, 0.25) is 11.8 Å². The van der Waals surface area contributed by atoms with Crippen molar-refractivity contribution >= 4 is 52.9 Å². The lowest BCUT2D eigenvalue weighted by Crippen LogP contribution is -2.40. The monoisotopic (exact) mass is 1620 g/mol. The van der Waals surface area contributed by atoms with E-state index in [-0.39, 0.29) is 86.5 Å². The van der Waals surface area contributed by atoms with Gasteiger partial charge in [-0.2, -0.15) is 0 Å². The number of ether oxygens (including phenoxy) is 3. The predicted octanol–water partition coefficient (Wildman–Crippen LogP) is 22.9. The molecule has 0 fully saturated rings. The summed E-state index contributed by atoms with van der Waals surface area (Å²) in [5.41, 5.74) is 2.01. The van der Waals surface area contributed by atoms with E-state index in [0.29, 0.717) is 22.8 Å². The highest BCUT2D eigenvalue weighted by Crippen LogP contribution is 2.36. The molecule has 0 radical (unpaired) electrons. The number of nitrogens with one attached hydrogen (secondary N) is 2. The highest BCUT2D eigenvalue weighted by molar-refractivity contribution is 5.97. The predicted molar refractivity (Wildman–Crippen MR) is 491 cm³/mol. The summed E-state index contributed by atoms with van der Waals surface area (Å²) in [6, 6.07) is 0. The summed E-state index contributed by atoms with van der Waals surface area (Å²) < 4.78 is 16.0. The lowest BCUT2D eigenvalue weighted by molar-refractivity contribution is -0.161. The van der Waals surface area contributed by atoms with Gasteiger partial charge in [-0.25, -0.2) is 14.4 Å². The molecule has 0 atom stereocenters. The summed E-state index contributed by atoms with van der Waals surface area (Å²) in [6.07, 6.45) is 37.4. The molecule has 115 heavy (non-hydrogen) atoms. The van der Waals surface area contributed by atoms with Crippen LogP contribution in [0, 0.1) is 37.9 Å². The lowest BCUT2D eigenvalue weighted by atomic mass is 9.79. The lowest BCUT2D eigenvalue weighted by Gasteiger charge is -2.37. The van der Waals surface area contributed by atoms with E-state index < -0.39 is 16.8 Å². The van der Waals surface area contributed by atoms with Crippen molar-refractivity contribution in [2.75, 3.05) is 61.9 Å². The first kappa shape index (κ1) is 122. The van der Waals surface area contributed by atoms with E-state index in [2.05, 4.69) is 146 Å². The van der Waals surface area contributed by atoms with Crippen LogP contribution in [0.3, 0.4) is 0 Å². The molecule has 0 aromatic rings. The Morgan fingerprint density at radius 1 is 0.374 bits per heavy atom. The van der Waals surface area contributed by atoms with Crippen LogP contribution in [0.5, 0.6) is 0 Å². The number of carbonyl (C=O) groups excluding carboxylic acids is 9. The second-order valence-electron chi connectivity index (χ2n) is 41.9. The van der Waals surface area contributed by atoms with Crippen molar-refractivity contribution in [1.82, 2.24) is 25.3 Å². The van der Waals surface area contributed by atoms with E-state index in [1.54, 1.807) is 31.2 Å². The number of Topliss-reactive ketones (excluding diaryl/α,β-unsaturated/α-hetero) is 3. The Morgan fingerprint density at radius 3 is 0.913 bits per heavy atom. The van der Waals surface area contributed by atoms with Gasteiger partial charge in [0.15, 0.2) is 23.1 Å². The number of carbonyl (C=O) groups is 9. The highest BCUT2D eigenvalue weighted by Gasteiger charge is 2.38. The smallest absolute Gasteiger partial charge is 0.331 e. The minimum absolute atomic E-state index is 0. The van der Waals surface area contributed by atoms with Crippen LogP contribution in [0.4, 0.5) is 0 Å². The fourth-order valence-corrected chi connectivity index (χ4v) is 8.15. The van der Waals surface area contributed by atoms with Crippen LogP contribution in [-0.2, 0) is 57.4 Å². The number of hydrogen-bond acceptors (Lipinski definition) is 15. The van der Waals surface area contributed by atoms with Gasteiger partial charge >= 0.3 is 17.9 Å². The number of esters is 3. The molecule has 0 aliphatic heterocycles. The first-order chi connectivity index (χ1) is 51.0. The molecule has 0 bridgehead atoms. The maximum atomic E-state index is 11.8. The van der Waals surface area contributed by atoms with Crippen molar-refractivity contribution in [2.45, 2.75) is 367 Å². The van der Waals surface area contributed by atoms with E-state index in [0.717, 1.165) is 113 Å². The first-order valence-corrected chi connectivity index (χ1v) is 41.4. The third-order valence-electron chi connectivity index (χ3n) is 18.6. The van der Waals surface area contributed by atoms with Crippen molar-refractivity contribution < 1.29 is 57.4 Å². The molecule has 668 valence electrons. The molecule has 0 heterocycles. The van der Waals surface area contributed by atoms with Crippen LogP contribution in [-0.4, -0.2) is 157 Å². The van der Waals surface area contributed by atoms with Gasteiger partial charge < -0.3 is 39.5 Å². The molecule has 0 saturated carbocycles. The largest absolute Gasteiger partial charge is 0.456 e. The molecular formula is C98H179N5O12. The molecule has 0 aromatic heterocycles. The average molecular weight is 1620 g/mol. The van der Waals surface area contributed by atoms with Gasteiger partial charge in [-0.05, 0) is 254 Å². The first-order valence-electron chi connectivity index (χ1n) is 41.4. The van der Waals surface area contributed by atoms with Crippen LogP contribution in [0.15, 0.2) is 109 Å². The molecule has 2 N–H and O–H groups in total. The Morgan fingerprint density at radius 2 is 0.670 bits per heavy atom. The van der Waals surface area contributed by atoms with Crippen molar-refractivity contribution in [3.63, 3.8) is 0 Å². The second-order valence-corrected chi connectivity index (χ2v) is 41.9. The minimum Gasteiger partial charge on any atom is -0.456 e. The summed E-state index contributed by atoms with van der Waals surface area (Å²) in [7, 11) is 11.8. The molecule has 0 unspecified atom stereocenters. The van der Waals surface area contributed by atoms with E-state index in [1.807, 2.05) is 194 Å². The quantitative estimate of drug-likeness (QED) is 0.0522. The van der Waals surface area contributed by atoms with Crippen LogP contribution in [0.2, 0.25) is 0 Å². The number of amides is 2. The standard InChI is InChI=1S/C13H25NO2.C13H22O.C12H20O.C11H20O2.C11H18O.C10H20N2O.C10H19NO.C10H18O2.C7H13NO.CH4/c1-12(2,3)13(4,5)16-11(15)9-8-10-14(6)7;1-13(2,3)10-9-12(14)11-7-5-4-6-8-11;1-12(2,3)9-8-11(13)10-6-4-5-7-10;1-7-8-9(12)13-11(5,6)10(2,3)4;1-11(2,3)8-7-10(12)9-5-4-6-9;1-10(2,3)11-9(13)7-6-8-12(4)5;1-10(2,3)9(12)7-6-8-11(4)5;1-7-8(11)12-10(5,6)9(2,3)4;1-5-6(9)8-7(2,3)4;/h8-9H,10H2,1-7H3;7H,4-6,8-10H2,1-3H3;6H,4-5,7-9H2,1-3H3;7-8H,1-6H3;5H,4,6-8H2,1-3H3;6-7H,8H2,1-5H3,(H,11,13);6-7H,8H2,1-5H3;7H,1H2,2-6H3;5H,1H2,2-4H3,(H,8,9);1H4/b9-8+;;;8-7+;;2*7-6+;;;. The van der Waals surface area contributed by atoms with Crippen molar-refractivity contribution in [3.8, 4) is 0 Å². The summed E-state index contributed by atoms with van der Waals surface area (Å²) in [5.74, 6) is 0.253. The maximum Gasteiger partial charge on any atom is 0.331 e. The number of hydrogen-bond donors (Lipinski definition) is 2. The number of rotatable bonds is 24. The number of allylic oxidation sites excluding steroid dienone is 8. The fraction of sp³-hybridized carbons (Fsp3) is 0.724. The van der Waals surface area contributed by atoms with Crippen molar-refractivity contribution in [1.29, 1.82) is 0 Å². The Bertz CT molecular complexity index is 3110. The van der Waals surface area contributed by atoms with Gasteiger partial charge in [0.1, 0.15) is 16.8 Å². The van der Waals surface area contributed by atoms with E-state index >= 15 is 0 Å². The molecular weight excluding hydrogens is 1440 g/mol. The maximum absolute atomic E-state index is 11.8. The molecule has 3 rings (SSSR count). The van der Waals surface area contributed by atoms with Crippen molar-refractivity contribution in [3.05, 3.63) is 109 Å². The Kier molecular flexibility index (Phi) is 60.2. The van der Waals surface area contributed by atoms with Crippen LogP contribution < -0.4 is 10.6 Å². The molecule has 2 amide bonds. The molecule has 0 aromatic carbocycles. The number of ketones is 4. The van der Waals surface area contributed by atoms with E-state index in [1.165, 1.54) is 43.6 Å². The molecule has 0 spiro atoms. The molecule has 17 nitrogen and oxygen atoms in total. The molecule has 3 aliphatic carbocycles. The summed E-state index contributed by atoms with van der Waals surface area (Å²) >= 11 is 0. The van der Waals surface area contributed by atoms with Crippen molar-refractivity contribution in [2.24, 2.45) is 37.9 Å². The van der Waals surface area contributed by atoms with Crippen LogP contribution in [0.1, 0.15) is 339 Å². The fourth-order valence-electron chi connectivity index (χ4n) is 8.15. The zero-order chi connectivity index (χ0) is 91.1. The summed E-state index contributed by atoms with van der Waals surface area (Å²) in [6.45, 7) is 77.9. The van der Waals surface area contributed by atoms with Gasteiger partial charge in [-0.15, -0.1) is 0 Å². The van der Waals surface area contributed by atoms with Crippen LogP contribution in [0.25, 0.3) is 0 Å². The van der Waals surface area contributed by atoms with Gasteiger partial charge in [0.05, 0.1) is 0 Å². The van der Waals surface area contributed by atoms with Gasteiger partial charge in [-0.3, -0.25) is 28.8 Å². The zero-order valence-corrected chi connectivity index (χ0v) is 80.9.